The summed E-state index contributed by atoms with van der Waals surface area (Å²) in [5.74, 6) is -0.805. The van der Waals surface area contributed by atoms with Crippen LogP contribution in [0.1, 0.15) is 35.3 Å². The third-order valence-electron chi connectivity index (χ3n) is 4.06. The molecule has 0 aliphatic heterocycles. The van der Waals surface area contributed by atoms with E-state index in [1.807, 2.05) is 0 Å². The van der Waals surface area contributed by atoms with Gasteiger partial charge in [-0.05, 0) is 44.2 Å². The SMILES string of the molecule is CC(=O)C1=C(O)c2cc([N+](=O)[O-])ccc2C1=Nc1ccc(C(C)=O)cc1. The number of nitro benzene ring substituents is 1. The lowest BCUT2D eigenvalue weighted by molar-refractivity contribution is -0.384. The molecule has 1 N–H and O–H groups in total. The monoisotopic (exact) mass is 350 g/mol. The summed E-state index contributed by atoms with van der Waals surface area (Å²) in [6.07, 6.45) is 0. The van der Waals surface area contributed by atoms with Gasteiger partial charge in [-0.15, -0.1) is 0 Å². The molecule has 7 nitrogen and oxygen atoms in total. The number of hydrogen-bond donors (Lipinski definition) is 1. The molecule has 3 rings (SSSR count). The minimum Gasteiger partial charge on any atom is -0.506 e. The van der Waals surface area contributed by atoms with Crippen LogP contribution in [0.2, 0.25) is 0 Å². The lowest BCUT2D eigenvalue weighted by atomic mass is 10.0. The molecule has 0 aromatic heterocycles. The van der Waals surface area contributed by atoms with Gasteiger partial charge in [0, 0.05) is 28.8 Å². The van der Waals surface area contributed by atoms with Crippen LogP contribution in [0.4, 0.5) is 11.4 Å². The van der Waals surface area contributed by atoms with Crippen molar-refractivity contribution in [1.82, 2.24) is 0 Å². The average Bonchev–Trinajstić information content (AvgIpc) is 2.87. The largest absolute Gasteiger partial charge is 0.506 e. The molecular weight excluding hydrogens is 336 g/mol. The average molecular weight is 350 g/mol. The number of fused-ring (bicyclic) bond motifs is 1. The second-order valence-corrected chi connectivity index (χ2v) is 5.83. The fourth-order valence-electron chi connectivity index (χ4n) is 2.78. The van der Waals surface area contributed by atoms with E-state index in [2.05, 4.69) is 4.99 Å². The molecule has 0 bridgehead atoms. The molecule has 2 aromatic rings. The molecule has 0 fully saturated rings. The number of benzene rings is 2. The first-order chi connectivity index (χ1) is 12.3. The maximum absolute atomic E-state index is 12.0. The summed E-state index contributed by atoms with van der Waals surface area (Å²) >= 11 is 0. The highest BCUT2D eigenvalue weighted by molar-refractivity contribution is 6.36. The summed E-state index contributed by atoms with van der Waals surface area (Å²) in [6, 6.07) is 10.5. The number of nitrogens with zero attached hydrogens (tertiary/aromatic N) is 2. The molecule has 0 saturated carbocycles. The highest BCUT2D eigenvalue weighted by Crippen LogP contribution is 2.35. The van der Waals surface area contributed by atoms with Gasteiger partial charge in [0.25, 0.3) is 5.69 Å². The summed E-state index contributed by atoms with van der Waals surface area (Å²) in [7, 11) is 0. The van der Waals surface area contributed by atoms with Gasteiger partial charge in [-0.3, -0.25) is 19.7 Å². The molecule has 2 aromatic carbocycles. The summed E-state index contributed by atoms with van der Waals surface area (Å²) < 4.78 is 0. The number of ketones is 2. The van der Waals surface area contributed by atoms with E-state index in [1.165, 1.54) is 32.0 Å². The van der Waals surface area contributed by atoms with Crippen molar-refractivity contribution in [1.29, 1.82) is 0 Å². The molecule has 0 unspecified atom stereocenters. The van der Waals surface area contributed by atoms with Crippen LogP contribution >= 0.6 is 0 Å². The Bertz CT molecular complexity index is 1020. The number of allylic oxidation sites excluding steroid dienone is 1. The molecule has 0 atom stereocenters. The number of aliphatic hydroxyl groups is 1. The molecule has 0 heterocycles. The van der Waals surface area contributed by atoms with Crippen molar-refractivity contribution >= 4 is 34.4 Å². The van der Waals surface area contributed by atoms with Crippen LogP contribution in [-0.2, 0) is 4.79 Å². The first-order valence-electron chi connectivity index (χ1n) is 7.73. The van der Waals surface area contributed by atoms with Crippen molar-refractivity contribution in [3.8, 4) is 0 Å². The second kappa shape index (κ2) is 6.36. The minimum absolute atomic E-state index is 0.0103. The Balaban J connectivity index is 2.16. The number of carbonyl (C=O) groups is 2. The van der Waals surface area contributed by atoms with Crippen molar-refractivity contribution < 1.29 is 19.6 Å². The number of aliphatic imine (C=N–C) groups is 1. The third-order valence-corrected chi connectivity index (χ3v) is 4.06. The first-order valence-corrected chi connectivity index (χ1v) is 7.73. The van der Waals surface area contributed by atoms with Gasteiger partial charge in [-0.25, -0.2) is 4.99 Å². The zero-order valence-corrected chi connectivity index (χ0v) is 14.0. The number of rotatable bonds is 4. The fraction of sp³-hybridized carbons (Fsp3) is 0.105. The number of carbonyl (C=O) groups excluding carboxylic acids is 2. The van der Waals surface area contributed by atoms with Crippen molar-refractivity contribution in [3.63, 3.8) is 0 Å². The van der Waals surface area contributed by atoms with Crippen LogP contribution < -0.4 is 0 Å². The zero-order chi connectivity index (χ0) is 19.0. The Hall–Kier alpha value is -3.61. The van der Waals surface area contributed by atoms with Crippen LogP contribution in [0.25, 0.3) is 5.76 Å². The van der Waals surface area contributed by atoms with E-state index in [1.54, 1.807) is 24.3 Å². The highest BCUT2D eigenvalue weighted by atomic mass is 16.6. The first kappa shape index (κ1) is 17.2. The Morgan fingerprint density at radius 1 is 1.00 bits per heavy atom. The van der Waals surface area contributed by atoms with Gasteiger partial charge in [0.05, 0.1) is 21.9 Å². The summed E-state index contributed by atoms with van der Waals surface area (Å²) in [6.45, 7) is 2.75. The Morgan fingerprint density at radius 2 is 1.65 bits per heavy atom. The lowest BCUT2D eigenvalue weighted by Crippen LogP contribution is -2.08. The number of hydrogen-bond acceptors (Lipinski definition) is 6. The molecule has 0 amide bonds. The van der Waals surface area contributed by atoms with E-state index in [0.29, 0.717) is 16.8 Å². The van der Waals surface area contributed by atoms with Crippen LogP contribution in [0.5, 0.6) is 0 Å². The van der Waals surface area contributed by atoms with E-state index in [-0.39, 0.29) is 34.1 Å². The smallest absolute Gasteiger partial charge is 0.270 e. The van der Waals surface area contributed by atoms with Gasteiger partial charge in [0.1, 0.15) is 5.76 Å². The van der Waals surface area contributed by atoms with E-state index in [9.17, 15) is 24.8 Å². The normalized spacial score (nSPS) is 14.5. The minimum atomic E-state index is -0.573. The number of aliphatic hydroxyl groups excluding tert-OH is 1. The van der Waals surface area contributed by atoms with Crippen LogP contribution in [0.15, 0.2) is 53.0 Å². The van der Waals surface area contributed by atoms with Crippen molar-refractivity contribution in [2.24, 2.45) is 4.99 Å². The maximum Gasteiger partial charge on any atom is 0.270 e. The van der Waals surface area contributed by atoms with Gasteiger partial charge in [0.2, 0.25) is 0 Å². The number of non-ortho nitro benzene ring substituents is 1. The van der Waals surface area contributed by atoms with Crippen LogP contribution in [0, 0.1) is 10.1 Å². The van der Waals surface area contributed by atoms with Crippen LogP contribution in [-0.4, -0.2) is 27.3 Å². The Kier molecular flexibility index (Phi) is 4.21. The summed E-state index contributed by atoms with van der Waals surface area (Å²) in [4.78, 5) is 38.2. The summed E-state index contributed by atoms with van der Waals surface area (Å²) in [5.41, 5.74) is 1.72. The maximum atomic E-state index is 12.0. The predicted octanol–water partition coefficient (Wildman–Crippen LogP) is 3.79. The second-order valence-electron chi connectivity index (χ2n) is 5.83. The van der Waals surface area contributed by atoms with Crippen LogP contribution in [0.3, 0.4) is 0 Å². The van der Waals surface area contributed by atoms with E-state index >= 15 is 0 Å². The Morgan fingerprint density at radius 3 is 2.19 bits per heavy atom. The lowest BCUT2D eigenvalue weighted by Gasteiger charge is -2.04. The van der Waals surface area contributed by atoms with Gasteiger partial charge in [-0.2, -0.15) is 0 Å². The quantitative estimate of drug-likeness (QED) is 0.512. The van der Waals surface area contributed by atoms with Gasteiger partial charge >= 0.3 is 0 Å². The van der Waals surface area contributed by atoms with Gasteiger partial charge in [-0.1, -0.05) is 0 Å². The Labute approximate surface area is 148 Å². The summed E-state index contributed by atoms with van der Waals surface area (Å²) in [5, 5.41) is 21.4. The molecule has 7 heteroatoms. The van der Waals surface area contributed by atoms with E-state index < -0.39 is 10.7 Å². The molecule has 0 saturated heterocycles. The molecule has 26 heavy (non-hydrogen) atoms. The molecule has 0 spiro atoms. The van der Waals surface area contributed by atoms with Crippen molar-refractivity contribution in [3.05, 3.63) is 74.8 Å². The number of Topliss-reactive ketones (excluding diaryl/α,β-unsaturated/α-hetero) is 2. The predicted molar refractivity (Wildman–Crippen MR) is 96.0 cm³/mol. The van der Waals surface area contributed by atoms with Gasteiger partial charge < -0.3 is 5.11 Å². The standard InChI is InChI=1S/C19H14N2O5/c1-10(22)12-3-5-13(6-4-12)20-18-15-8-7-14(21(25)26)9-16(15)19(24)17(18)11(2)23/h3-9,24H,1-2H3. The highest BCUT2D eigenvalue weighted by Gasteiger charge is 2.32. The van der Waals surface area contributed by atoms with E-state index in [0.717, 1.165) is 0 Å². The third kappa shape index (κ3) is 2.90. The molecular formula is C19H14N2O5. The zero-order valence-electron chi connectivity index (χ0n) is 14.0. The molecule has 130 valence electrons. The molecule has 1 aliphatic rings. The molecule has 1 aliphatic carbocycles. The topological polar surface area (TPSA) is 110 Å². The van der Waals surface area contributed by atoms with E-state index in [4.69, 9.17) is 0 Å². The van der Waals surface area contributed by atoms with Crippen molar-refractivity contribution in [2.75, 3.05) is 0 Å². The van der Waals surface area contributed by atoms with Crippen molar-refractivity contribution in [2.45, 2.75) is 13.8 Å². The fourth-order valence-corrected chi connectivity index (χ4v) is 2.78. The van der Waals surface area contributed by atoms with Gasteiger partial charge in [0.15, 0.2) is 11.6 Å². The number of nitro groups is 1. The molecule has 0 radical (unpaired) electrons.